The van der Waals surface area contributed by atoms with Crippen molar-refractivity contribution in [1.29, 1.82) is 0 Å². The third-order valence-electron chi connectivity index (χ3n) is 1.95. The first-order valence-electron chi connectivity index (χ1n) is 5.51. The van der Waals surface area contributed by atoms with E-state index < -0.39 is 18.0 Å². The minimum Gasteiger partial charge on any atom is -0.462 e. The molecule has 0 heterocycles. The second-order valence-corrected chi connectivity index (χ2v) is 3.15. The second-order valence-electron chi connectivity index (χ2n) is 3.15. The number of alkyl carbamates (subject to hydrolysis) is 1. The number of rotatable bonds is 5. The van der Waals surface area contributed by atoms with Crippen LogP contribution >= 0.6 is 0 Å². The van der Waals surface area contributed by atoms with Crippen LogP contribution in [0, 0.1) is 0 Å². The van der Waals surface area contributed by atoms with Crippen LogP contribution in [0.4, 0.5) is 4.79 Å². The summed E-state index contributed by atoms with van der Waals surface area (Å²) in [6.07, 6.45) is -0.909. The summed E-state index contributed by atoms with van der Waals surface area (Å²) in [5.41, 5.74) is 0.0441. The molecule has 0 aliphatic rings. The zero-order chi connectivity index (χ0) is 14.1. The van der Waals surface area contributed by atoms with Crippen molar-refractivity contribution in [2.24, 2.45) is 0 Å². The molecule has 102 valence electrons. The molecule has 0 saturated heterocycles. The van der Waals surface area contributed by atoms with Gasteiger partial charge in [-0.25, -0.2) is 9.59 Å². The van der Waals surface area contributed by atoms with E-state index in [1.54, 1.807) is 20.9 Å². The molecular weight excluding hydrogens is 240 g/mol. The number of amides is 2. The van der Waals surface area contributed by atoms with Crippen molar-refractivity contribution < 1.29 is 23.9 Å². The van der Waals surface area contributed by atoms with Crippen molar-refractivity contribution in [1.82, 2.24) is 10.6 Å². The van der Waals surface area contributed by atoms with Crippen LogP contribution in [-0.2, 0) is 19.1 Å². The van der Waals surface area contributed by atoms with Crippen LogP contribution in [-0.4, -0.2) is 38.2 Å². The number of imide groups is 1. The van der Waals surface area contributed by atoms with E-state index in [0.29, 0.717) is 5.70 Å². The highest BCUT2D eigenvalue weighted by molar-refractivity contribution is 6.19. The standard InChI is InChI=1S/C11H18N2O5/c1-5-17-10(15)8(7(3)12-4)9(14)13-11(16)18-6-2/h12H,5-6H2,1-4H3,(H,13,14,16)/b8-7-. The summed E-state index contributed by atoms with van der Waals surface area (Å²) in [5, 5.41) is 4.59. The average Bonchev–Trinajstić information content (AvgIpc) is 2.29. The predicted octanol–water partition coefficient (Wildman–Crippen LogP) is 0.316. The molecule has 0 aromatic rings. The first-order valence-corrected chi connectivity index (χ1v) is 5.51. The molecule has 7 nitrogen and oxygen atoms in total. The molecule has 0 saturated carbocycles. The zero-order valence-corrected chi connectivity index (χ0v) is 11.0. The smallest absolute Gasteiger partial charge is 0.414 e. The molecule has 0 atom stereocenters. The molecule has 0 radical (unpaired) electrons. The summed E-state index contributed by atoms with van der Waals surface area (Å²) in [5.74, 6) is -1.66. The van der Waals surface area contributed by atoms with E-state index in [1.807, 2.05) is 5.32 Å². The zero-order valence-electron chi connectivity index (χ0n) is 11.0. The summed E-state index contributed by atoms with van der Waals surface area (Å²) < 4.78 is 9.29. The molecule has 0 unspecified atom stereocenters. The van der Waals surface area contributed by atoms with Gasteiger partial charge in [-0.05, 0) is 20.8 Å². The minimum atomic E-state index is -0.909. The van der Waals surface area contributed by atoms with Crippen molar-refractivity contribution in [2.45, 2.75) is 20.8 Å². The first kappa shape index (κ1) is 16.0. The predicted molar refractivity (Wildman–Crippen MR) is 63.6 cm³/mol. The Morgan fingerprint density at radius 1 is 1.06 bits per heavy atom. The Morgan fingerprint density at radius 3 is 2.06 bits per heavy atom. The topological polar surface area (TPSA) is 93.7 Å². The lowest BCUT2D eigenvalue weighted by Crippen LogP contribution is -2.36. The van der Waals surface area contributed by atoms with Gasteiger partial charge in [0.15, 0.2) is 0 Å². The normalized spacial score (nSPS) is 11.1. The van der Waals surface area contributed by atoms with E-state index in [9.17, 15) is 14.4 Å². The Labute approximate surface area is 106 Å². The minimum absolute atomic E-state index is 0.128. The molecule has 0 spiro atoms. The monoisotopic (exact) mass is 258 g/mol. The van der Waals surface area contributed by atoms with Gasteiger partial charge in [-0.2, -0.15) is 0 Å². The van der Waals surface area contributed by atoms with Crippen LogP contribution < -0.4 is 10.6 Å². The summed E-state index contributed by atoms with van der Waals surface area (Å²) in [4.78, 5) is 34.4. The summed E-state index contributed by atoms with van der Waals surface area (Å²) >= 11 is 0. The van der Waals surface area contributed by atoms with Gasteiger partial charge in [0, 0.05) is 12.7 Å². The molecule has 7 heteroatoms. The Hall–Kier alpha value is -2.05. The van der Waals surface area contributed by atoms with Gasteiger partial charge in [-0.15, -0.1) is 0 Å². The highest BCUT2D eigenvalue weighted by Crippen LogP contribution is 2.04. The maximum absolute atomic E-state index is 11.7. The molecule has 0 aliphatic carbocycles. The van der Waals surface area contributed by atoms with Gasteiger partial charge in [-0.3, -0.25) is 10.1 Å². The van der Waals surface area contributed by atoms with Gasteiger partial charge in [0.05, 0.1) is 13.2 Å². The third kappa shape index (κ3) is 4.86. The maximum Gasteiger partial charge on any atom is 0.414 e. The van der Waals surface area contributed by atoms with Crippen LogP contribution in [0.1, 0.15) is 20.8 Å². The molecule has 0 fully saturated rings. The molecule has 2 N–H and O–H groups in total. The number of carbonyl (C=O) groups excluding carboxylic acids is 3. The summed E-state index contributed by atoms with van der Waals surface area (Å²) in [6, 6.07) is 0. The fourth-order valence-electron chi connectivity index (χ4n) is 1.07. The Morgan fingerprint density at radius 2 is 1.61 bits per heavy atom. The maximum atomic E-state index is 11.7. The Kier molecular flexibility index (Phi) is 7.18. The van der Waals surface area contributed by atoms with Gasteiger partial charge in [0.1, 0.15) is 5.57 Å². The number of hydrogen-bond acceptors (Lipinski definition) is 6. The molecule has 0 rings (SSSR count). The SMILES string of the molecule is CCOC(=O)NC(=O)/C(C(=O)OCC)=C(\C)NC. The van der Waals surface area contributed by atoms with Crippen LogP contribution in [0.3, 0.4) is 0 Å². The van der Waals surface area contributed by atoms with E-state index in [4.69, 9.17) is 4.74 Å². The molecule has 0 aromatic heterocycles. The lowest BCUT2D eigenvalue weighted by Gasteiger charge is -2.10. The number of carbonyl (C=O) groups is 3. The number of ether oxygens (including phenoxy) is 2. The van der Waals surface area contributed by atoms with Crippen molar-refractivity contribution in [3.8, 4) is 0 Å². The molecular formula is C11H18N2O5. The summed E-state index contributed by atoms with van der Waals surface area (Å²) in [6.45, 7) is 5.00. The van der Waals surface area contributed by atoms with Crippen molar-refractivity contribution >= 4 is 18.0 Å². The van der Waals surface area contributed by atoms with E-state index in [0.717, 1.165) is 0 Å². The van der Waals surface area contributed by atoms with Gasteiger partial charge in [0.25, 0.3) is 5.91 Å². The highest BCUT2D eigenvalue weighted by atomic mass is 16.5. The fraction of sp³-hybridized carbons (Fsp3) is 0.545. The van der Waals surface area contributed by atoms with E-state index >= 15 is 0 Å². The van der Waals surface area contributed by atoms with Crippen LogP contribution in [0.2, 0.25) is 0 Å². The lowest BCUT2D eigenvalue weighted by molar-refractivity contribution is -0.140. The largest absolute Gasteiger partial charge is 0.462 e. The van der Waals surface area contributed by atoms with Crippen molar-refractivity contribution in [3.63, 3.8) is 0 Å². The lowest BCUT2D eigenvalue weighted by atomic mass is 10.2. The van der Waals surface area contributed by atoms with Gasteiger partial charge < -0.3 is 14.8 Å². The molecule has 0 bridgehead atoms. The Balaban J connectivity index is 4.94. The summed E-state index contributed by atoms with van der Waals surface area (Å²) in [7, 11) is 1.55. The highest BCUT2D eigenvalue weighted by Gasteiger charge is 2.24. The van der Waals surface area contributed by atoms with Crippen LogP contribution in [0.25, 0.3) is 0 Å². The van der Waals surface area contributed by atoms with Gasteiger partial charge in [0.2, 0.25) is 0 Å². The van der Waals surface area contributed by atoms with E-state index in [2.05, 4.69) is 10.1 Å². The van der Waals surface area contributed by atoms with Crippen molar-refractivity contribution in [2.75, 3.05) is 20.3 Å². The van der Waals surface area contributed by atoms with Crippen LogP contribution in [0.5, 0.6) is 0 Å². The Bertz CT molecular complexity index is 362. The van der Waals surface area contributed by atoms with E-state index in [1.165, 1.54) is 6.92 Å². The van der Waals surface area contributed by atoms with Gasteiger partial charge >= 0.3 is 12.1 Å². The number of nitrogens with one attached hydrogen (secondary N) is 2. The third-order valence-corrected chi connectivity index (χ3v) is 1.95. The number of allylic oxidation sites excluding steroid dienone is 1. The quantitative estimate of drug-likeness (QED) is 0.319. The number of hydrogen-bond donors (Lipinski definition) is 2. The average molecular weight is 258 g/mol. The van der Waals surface area contributed by atoms with Crippen molar-refractivity contribution in [3.05, 3.63) is 11.3 Å². The van der Waals surface area contributed by atoms with Crippen LogP contribution in [0.15, 0.2) is 11.3 Å². The van der Waals surface area contributed by atoms with Gasteiger partial charge in [-0.1, -0.05) is 0 Å². The first-order chi connectivity index (χ1) is 8.47. The molecule has 18 heavy (non-hydrogen) atoms. The second kappa shape index (κ2) is 8.10. The fourth-order valence-corrected chi connectivity index (χ4v) is 1.07. The molecule has 2 amide bonds. The molecule has 0 aromatic carbocycles. The molecule has 0 aliphatic heterocycles. The number of esters is 1. The van der Waals surface area contributed by atoms with E-state index in [-0.39, 0.29) is 18.8 Å².